The Balaban J connectivity index is 2.58. The van der Waals surface area contributed by atoms with Gasteiger partial charge in [0.15, 0.2) is 0 Å². The SMILES string of the molecule is CC(C)(C)CCCCCCNC(=O)COC1CCCCC/C(C(C)(C)C)=C\1C(C)(C)C. The van der Waals surface area contributed by atoms with Gasteiger partial charge in [-0.25, -0.2) is 0 Å². The van der Waals surface area contributed by atoms with Crippen molar-refractivity contribution in [3.63, 3.8) is 0 Å². The number of carbonyl (C=O) groups is 1. The summed E-state index contributed by atoms with van der Waals surface area (Å²) < 4.78 is 6.31. The molecule has 3 heteroatoms. The van der Waals surface area contributed by atoms with Gasteiger partial charge in [0.2, 0.25) is 5.91 Å². The Bertz CT molecular complexity index is 569. The lowest BCUT2D eigenvalue weighted by Crippen LogP contribution is -2.35. The molecule has 1 N–H and O–H groups in total. The van der Waals surface area contributed by atoms with E-state index in [9.17, 15) is 4.79 Å². The first-order chi connectivity index (χ1) is 14.2. The Hall–Kier alpha value is -0.830. The molecule has 0 aromatic carbocycles. The number of carbonyl (C=O) groups excluding carboxylic acids is 1. The summed E-state index contributed by atoms with van der Waals surface area (Å²) in [5.41, 5.74) is 3.59. The van der Waals surface area contributed by atoms with Gasteiger partial charge in [0, 0.05) is 6.54 Å². The highest BCUT2D eigenvalue weighted by Gasteiger charge is 2.34. The standard InChI is InChI=1S/C28H53NO2/c1-26(2,3)19-15-10-11-16-20-29-24(30)21-31-23-18-14-12-13-17-22(27(4,5)6)25(23)28(7,8)9/h23H,10-21H2,1-9H3,(H,29,30)/b25-22-. The molecule has 0 aromatic heterocycles. The first-order valence-electron chi connectivity index (χ1n) is 12.8. The number of hydrogen-bond donors (Lipinski definition) is 1. The Morgan fingerprint density at radius 3 is 2.10 bits per heavy atom. The van der Waals surface area contributed by atoms with Crippen LogP contribution in [0.2, 0.25) is 0 Å². The highest BCUT2D eigenvalue weighted by Crippen LogP contribution is 2.43. The Labute approximate surface area is 194 Å². The van der Waals surface area contributed by atoms with Gasteiger partial charge < -0.3 is 10.1 Å². The van der Waals surface area contributed by atoms with E-state index in [1.165, 1.54) is 50.5 Å². The minimum Gasteiger partial charge on any atom is -0.364 e. The summed E-state index contributed by atoms with van der Waals surface area (Å²) in [6.45, 7) is 21.7. The van der Waals surface area contributed by atoms with E-state index in [2.05, 4.69) is 67.6 Å². The quantitative estimate of drug-likeness (QED) is 0.296. The molecule has 0 spiro atoms. The fourth-order valence-electron chi connectivity index (χ4n) is 4.75. The van der Waals surface area contributed by atoms with Crippen molar-refractivity contribution >= 4 is 5.91 Å². The zero-order valence-electron chi connectivity index (χ0n) is 22.4. The highest BCUT2D eigenvalue weighted by atomic mass is 16.5. The fourth-order valence-corrected chi connectivity index (χ4v) is 4.75. The molecule has 1 aliphatic rings. The van der Waals surface area contributed by atoms with Crippen molar-refractivity contribution in [3.8, 4) is 0 Å². The van der Waals surface area contributed by atoms with E-state index < -0.39 is 0 Å². The first-order valence-corrected chi connectivity index (χ1v) is 12.8. The number of ether oxygens (including phenoxy) is 1. The van der Waals surface area contributed by atoms with Crippen molar-refractivity contribution in [2.45, 2.75) is 133 Å². The maximum atomic E-state index is 12.4. The third kappa shape index (κ3) is 11.6. The second-order valence-corrected chi connectivity index (χ2v) is 12.9. The van der Waals surface area contributed by atoms with Crippen LogP contribution in [0.25, 0.3) is 0 Å². The minimum absolute atomic E-state index is 0.0299. The van der Waals surface area contributed by atoms with Crippen LogP contribution in [0.4, 0.5) is 0 Å². The maximum absolute atomic E-state index is 12.4. The normalized spacial score (nSPS) is 21.5. The minimum atomic E-state index is 0.0299. The summed E-state index contributed by atoms with van der Waals surface area (Å²) in [5, 5.41) is 3.07. The lowest BCUT2D eigenvalue weighted by Gasteiger charge is -2.39. The predicted octanol–water partition coefficient (Wildman–Crippen LogP) is 7.84. The molecule has 0 saturated heterocycles. The molecule has 0 heterocycles. The molecule has 31 heavy (non-hydrogen) atoms. The van der Waals surface area contributed by atoms with Crippen LogP contribution in [0.1, 0.15) is 127 Å². The number of nitrogens with one attached hydrogen (secondary N) is 1. The van der Waals surface area contributed by atoms with Gasteiger partial charge in [0.25, 0.3) is 0 Å². The predicted molar refractivity (Wildman–Crippen MR) is 134 cm³/mol. The number of unbranched alkanes of at least 4 members (excludes halogenated alkanes) is 3. The van der Waals surface area contributed by atoms with E-state index in [-0.39, 0.29) is 29.4 Å². The van der Waals surface area contributed by atoms with Crippen LogP contribution in [0.15, 0.2) is 11.1 Å². The molecule has 0 radical (unpaired) electrons. The summed E-state index contributed by atoms with van der Waals surface area (Å²) in [7, 11) is 0. The molecule has 1 atom stereocenters. The van der Waals surface area contributed by atoms with Gasteiger partial charge in [0.05, 0.1) is 6.10 Å². The zero-order chi connectivity index (χ0) is 23.7. The summed E-state index contributed by atoms with van der Waals surface area (Å²) in [6, 6.07) is 0. The van der Waals surface area contributed by atoms with Crippen LogP contribution in [0, 0.1) is 16.2 Å². The van der Waals surface area contributed by atoms with E-state index in [1.54, 1.807) is 5.57 Å². The van der Waals surface area contributed by atoms with Crippen LogP contribution in [-0.4, -0.2) is 25.2 Å². The van der Waals surface area contributed by atoms with Gasteiger partial charge in [-0.05, 0) is 53.9 Å². The van der Waals surface area contributed by atoms with Crippen LogP contribution in [0.5, 0.6) is 0 Å². The van der Waals surface area contributed by atoms with Crippen LogP contribution >= 0.6 is 0 Å². The van der Waals surface area contributed by atoms with Gasteiger partial charge in [-0.3, -0.25) is 4.79 Å². The van der Waals surface area contributed by atoms with E-state index >= 15 is 0 Å². The molecule has 3 nitrogen and oxygen atoms in total. The van der Waals surface area contributed by atoms with Crippen molar-refractivity contribution < 1.29 is 9.53 Å². The third-order valence-electron chi connectivity index (χ3n) is 6.34. The van der Waals surface area contributed by atoms with Crippen LogP contribution in [0.3, 0.4) is 0 Å². The summed E-state index contributed by atoms with van der Waals surface area (Å²) in [4.78, 5) is 12.4. The molecule has 182 valence electrons. The molecule has 1 amide bonds. The number of hydrogen-bond acceptors (Lipinski definition) is 2. The number of allylic oxidation sites excluding steroid dienone is 1. The van der Waals surface area contributed by atoms with Crippen LogP contribution in [-0.2, 0) is 9.53 Å². The number of rotatable bonds is 9. The summed E-state index contributed by atoms with van der Waals surface area (Å²) >= 11 is 0. The molecule has 0 bridgehead atoms. The molecular weight excluding hydrogens is 382 g/mol. The van der Waals surface area contributed by atoms with Gasteiger partial charge in [-0.2, -0.15) is 0 Å². The van der Waals surface area contributed by atoms with E-state index in [1.807, 2.05) is 0 Å². The third-order valence-corrected chi connectivity index (χ3v) is 6.34. The average Bonchev–Trinajstić information content (AvgIpc) is 2.56. The van der Waals surface area contributed by atoms with E-state index in [0.717, 1.165) is 25.8 Å². The average molecular weight is 436 g/mol. The molecular formula is C28H53NO2. The Kier molecular flexibility index (Phi) is 11.3. The molecule has 0 saturated carbocycles. The largest absolute Gasteiger partial charge is 0.364 e. The molecule has 1 unspecified atom stereocenters. The van der Waals surface area contributed by atoms with Crippen LogP contribution < -0.4 is 5.32 Å². The smallest absolute Gasteiger partial charge is 0.246 e. The van der Waals surface area contributed by atoms with Crippen molar-refractivity contribution in [1.29, 1.82) is 0 Å². The van der Waals surface area contributed by atoms with Crippen molar-refractivity contribution in [3.05, 3.63) is 11.1 Å². The van der Waals surface area contributed by atoms with E-state index in [0.29, 0.717) is 5.41 Å². The van der Waals surface area contributed by atoms with E-state index in [4.69, 9.17) is 4.74 Å². The first kappa shape index (κ1) is 28.2. The topological polar surface area (TPSA) is 38.3 Å². The van der Waals surface area contributed by atoms with Gasteiger partial charge in [-0.1, -0.05) is 100.0 Å². The molecule has 0 aromatic rings. The second-order valence-electron chi connectivity index (χ2n) is 12.9. The fraction of sp³-hybridized carbons (Fsp3) is 0.893. The Morgan fingerprint density at radius 2 is 1.52 bits per heavy atom. The Morgan fingerprint density at radius 1 is 0.871 bits per heavy atom. The van der Waals surface area contributed by atoms with Crippen molar-refractivity contribution in [2.75, 3.05) is 13.2 Å². The maximum Gasteiger partial charge on any atom is 0.246 e. The lowest BCUT2D eigenvalue weighted by atomic mass is 9.70. The van der Waals surface area contributed by atoms with Crippen molar-refractivity contribution in [1.82, 2.24) is 5.32 Å². The van der Waals surface area contributed by atoms with Crippen molar-refractivity contribution in [2.24, 2.45) is 16.2 Å². The number of amides is 1. The van der Waals surface area contributed by atoms with Gasteiger partial charge >= 0.3 is 0 Å². The second kappa shape index (κ2) is 12.4. The molecule has 0 fully saturated rings. The summed E-state index contributed by atoms with van der Waals surface area (Å²) in [5.74, 6) is 0.0299. The molecule has 1 rings (SSSR count). The van der Waals surface area contributed by atoms with Gasteiger partial charge in [-0.15, -0.1) is 0 Å². The summed E-state index contributed by atoms with van der Waals surface area (Å²) in [6.07, 6.45) is 12.0. The molecule has 1 aliphatic carbocycles. The lowest BCUT2D eigenvalue weighted by molar-refractivity contribution is -0.127. The molecule has 0 aliphatic heterocycles. The highest BCUT2D eigenvalue weighted by molar-refractivity contribution is 5.77. The zero-order valence-corrected chi connectivity index (χ0v) is 22.4. The van der Waals surface area contributed by atoms with Gasteiger partial charge in [0.1, 0.15) is 6.61 Å². The monoisotopic (exact) mass is 435 g/mol.